The van der Waals surface area contributed by atoms with Crippen molar-refractivity contribution in [3.63, 3.8) is 0 Å². The van der Waals surface area contributed by atoms with Crippen molar-refractivity contribution in [3.8, 4) is 0 Å². The van der Waals surface area contributed by atoms with Gasteiger partial charge in [-0.1, -0.05) is 54.4 Å². The minimum absolute atomic E-state index is 0.00630. The molecular formula is C23H30ClN3O3S. The highest BCUT2D eigenvalue weighted by Crippen LogP contribution is 2.20. The second-order valence-corrected chi connectivity index (χ2v) is 10.1. The van der Waals surface area contributed by atoms with Crippen LogP contribution in [0.25, 0.3) is 0 Å². The number of rotatable bonds is 9. The number of hydrogen-bond acceptors (Lipinski definition) is 4. The Morgan fingerprint density at radius 3 is 2.52 bits per heavy atom. The van der Waals surface area contributed by atoms with Crippen molar-refractivity contribution in [3.05, 3.63) is 64.7 Å². The molecule has 0 saturated carbocycles. The van der Waals surface area contributed by atoms with Crippen LogP contribution in [0.15, 0.2) is 53.4 Å². The smallest absolute Gasteiger partial charge is 0.242 e. The van der Waals surface area contributed by atoms with E-state index in [9.17, 15) is 13.2 Å². The summed E-state index contributed by atoms with van der Waals surface area (Å²) in [4.78, 5) is 14.6. The number of halogens is 1. The highest BCUT2D eigenvalue weighted by Gasteiger charge is 2.18. The number of piperidine rings is 1. The first-order valence-corrected chi connectivity index (χ1v) is 12.5. The van der Waals surface area contributed by atoms with Crippen LogP contribution in [0, 0.1) is 0 Å². The van der Waals surface area contributed by atoms with Gasteiger partial charge in [-0.15, -0.1) is 0 Å². The van der Waals surface area contributed by atoms with Crippen LogP contribution in [0.1, 0.15) is 43.7 Å². The van der Waals surface area contributed by atoms with E-state index in [4.69, 9.17) is 11.6 Å². The van der Waals surface area contributed by atoms with Crippen molar-refractivity contribution < 1.29 is 13.2 Å². The summed E-state index contributed by atoms with van der Waals surface area (Å²) in [6, 6.07) is 15.1. The van der Waals surface area contributed by atoms with Crippen molar-refractivity contribution in [1.29, 1.82) is 0 Å². The molecule has 1 aliphatic heterocycles. The van der Waals surface area contributed by atoms with Crippen LogP contribution in [0.5, 0.6) is 0 Å². The average molecular weight is 464 g/mol. The molecule has 1 saturated heterocycles. The number of benzene rings is 2. The van der Waals surface area contributed by atoms with Gasteiger partial charge in [-0.3, -0.25) is 9.69 Å². The number of amides is 1. The maximum absolute atomic E-state index is 12.3. The Morgan fingerprint density at radius 1 is 1.10 bits per heavy atom. The standard InChI is InChI=1S/C23H30ClN3O3S/c1-18-6-4-5-15-27(18)17-20-11-9-19(10-12-20)16-25-23(28)13-14-26-31(29,30)22-8-3-2-7-21(22)24/h2-3,7-12,18,26H,4-6,13-17H2,1H3,(H,25,28). The number of hydrogen-bond donors (Lipinski definition) is 2. The fourth-order valence-corrected chi connectivity index (χ4v) is 5.27. The minimum atomic E-state index is -3.74. The molecular weight excluding hydrogens is 434 g/mol. The number of nitrogens with zero attached hydrogens (tertiary/aromatic N) is 1. The maximum atomic E-state index is 12.3. The average Bonchev–Trinajstić information content (AvgIpc) is 2.75. The third-order valence-corrected chi connectivity index (χ3v) is 7.57. The van der Waals surface area contributed by atoms with E-state index in [2.05, 4.69) is 34.0 Å². The number of nitrogens with one attached hydrogen (secondary N) is 2. The van der Waals surface area contributed by atoms with E-state index in [-0.39, 0.29) is 28.8 Å². The topological polar surface area (TPSA) is 78.5 Å². The van der Waals surface area contributed by atoms with Crippen LogP contribution < -0.4 is 10.0 Å². The number of carbonyl (C=O) groups is 1. The molecule has 0 radical (unpaired) electrons. The number of likely N-dealkylation sites (tertiary alicyclic amines) is 1. The molecule has 168 valence electrons. The molecule has 31 heavy (non-hydrogen) atoms. The van der Waals surface area contributed by atoms with Gasteiger partial charge in [0, 0.05) is 32.1 Å². The Kier molecular flexibility index (Phi) is 8.49. The Labute approximate surface area is 190 Å². The van der Waals surface area contributed by atoms with Gasteiger partial charge in [0.15, 0.2) is 0 Å². The number of sulfonamides is 1. The van der Waals surface area contributed by atoms with Gasteiger partial charge in [0.25, 0.3) is 0 Å². The van der Waals surface area contributed by atoms with Crippen molar-refractivity contribution in [2.75, 3.05) is 13.1 Å². The molecule has 3 rings (SSSR count). The Balaban J connectivity index is 1.41. The predicted molar refractivity (Wildman–Crippen MR) is 123 cm³/mol. The van der Waals surface area contributed by atoms with E-state index in [1.54, 1.807) is 12.1 Å². The van der Waals surface area contributed by atoms with E-state index < -0.39 is 10.0 Å². The molecule has 2 aromatic rings. The zero-order valence-electron chi connectivity index (χ0n) is 17.8. The summed E-state index contributed by atoms with van der Waals surface area (Å²) in [5, 5.41) is 2.98. The third-order valence-electron chi connectivity index (χ3n) is 5.61. The molecule has 1 amide bonds. The second-order valence-electron chi connectivity index (χ2n) is 7.99. The zero-order valence-corrected chi connectivity index (χ0v) is 19.4. The molecule has 1 fully saturated rings. The summed E-state index contributed by atoms with van der Waals surface area (Å²) in [7, 11) is -3.74. The quantitative estimate of drug-likeness (QED) is 0.594. The molecule has 2 N–H and O–H groups in total. The van der Waals surface area contributed by atoms with Gasteiger partial charge in [0.05, 0.1) is 5.02 Å². The lowest BCUT2D eigenvalue weighted by Gasteiger charge is -2.33. The lowest BCUT2D eigenvalue weighted by Crippen LogP contribution is -2.36. The summed E-state index contributed by atoms with van der Waals surface area (Å²) in [5.41, 5.74) is 2.29. The normalized spacial score (nSPS) is 17.4. The summed E-state index contributed by atoms with van der Waals surface area (Å²) in [5.74, 6) is -0.215. The molecule has 0 spiro atoms. The molecule has 2 aromatic carbocycles. The summed E-state index contributed by atoms with van der Waals surface area (Å²) >= 11 is 5.94. The molecule has 1 aliphatic rings. The van der Waals surface area contributed by atoms with E-state index in [0.717, 1.165) is 18.7 Å². The third kappa shape index (κ3) is 7.04. The van der Waals surface area contributed by atoms with Crippen molar-refractivity contribution in [1.82, 2.24) is 14.9 Å². The van der Waals surface area contributed by atoms with E-state index in [0.29, 0.717) is 12.6 Å². The lowest BCUT2D eigenvalue weighted by molar-refractivity contribution is -0.121. The molecule has 8 heteroatoms. The van der Waals surface area contributed by atoms with Crippen LogP contribution in [-0.4, -0.2) is 38.4 Å². The van der Waals surface area contributed by atoms with Gasteiger partial charge in [0.2, 0.25) is 15.9 Å². The molecule has 0 aliphatic carbocycles. The van der Waals surface area contributed by atoms with E-state index in [1.165, 1.54) is 37.0 Å². The molecule has 1 unspecified atom stereocenters. The monoisotopic (exact) mass is 463 g/mol. The Morgan fingerprint density at radius 2 is 1.81 bits per heavy atom. The fraction of sp³-hybridized carbons (Fsp3) is 0.435. The SMILES string of the molecule is CC1CCCCN1Cc1ccc(CNC(=O)CCNS(=O)(=O)c2ccccc2Cl)cc1. The largest absolute Gasteiger partial charge is 0.352 e. The minimum Gasteiger partial charge on any atom is -0.352 e. The zero-order chi connectivity index (χ0) is 22.3. The first kappa shape index (κ1) is 23.7. The van der Waals surface area contributed by atoms with Gasteiger partial charge < -0.3 is 5.32 Å². The van der Waals surface area contributed by atoms with Crippen LogP contribution >= 0.6 is 11.6 Å². The molecule has 1 atom stereocenters. The number of carbonyl (C=O) groups excluding carboxylic acids is 1. The lowest BCUT2D eigenvalue weighted by atomic mass is 10.0. The summed E-state index contributed by atoms with van der Waals surface area (Å²) in [6.45, 7) is 4.82. The van der Waals surface area contributed by atoms with Gasteiger partial charge in [-0.05, 0) is 49.6 Å². The van der Waals surface area contributed by atoms with Gasteiger partial charge in [-0.2, -0.15) is 0 Å². The summed E-state index contributed by atoms with van der Waals surface area (Å²) in [6.07, 6.45) is 3.90. The van der Waals surface area contributed by atoms with Crippen LogP contribution in [0.4, 0.5) is 0 Å². The Hall–Kier alpha value is -1.93. The van der Waals surface area contributed by atoms with Gasteiger partial charge in [0.1, 0.15) is 4.90 Å². The fourth-order valence-electron chi connectivity index (χ4n) is 3.72. The maximum Gasteiger partial charge on any atom is 0.242 e. The first-order valence-electron chi connectivity index (χ1n) is 10.7. The molecule has 6 nitrogen and oxygen atoms in total. The van der Waals surface area contributed by atoms with Crippen LogP contribution in [-0.2, 0) is 27.9 Å². The van der Waals surface area contributed by atoms with Crippen molar-refractivity contribution >= 4 is 27.5 Å². The highest BCUT2D eigenvalue weighted by molar-refractivity contribution is 7.89. The highest BCUT2D eigenvalue weighted by atomic mass is 35.5. The summed E-state index contributed by atoms with van der Waals surface area (Å²) < 4.78 is 27.0. The van der Waals surface area contributed by atoms with Gasteiger partial charge >= 0.3 is 0 Å². The molecule has 1 heterocycles. The van der Waals surface area contributed by atoms with Crippen molar-refractivity contribution in [2.24, 2.45) is 0 Å². The van der Waals surface area contributed by atoms with Crippen molar-refractivity contribution in [2.45, 2.75) is 56.6 Å². The van der Waals surface area contributed by atoms with E-state index in [1.807, 2.05) is 12.1 Å². The second kappa shape index (κ2) is 11.1. The molecule has 0 bridgehead atoms. The van der Waals surface area contributed by atoms with Crippen LogP contribution in [0.2, 0.25) is 5.02 Å². The van der Waals surface area contributed by atoms with E-state index >= 15 is 0 Å². The van der Waals surface area contributed by atoms with Gasteiger partial charge in [-0.25, -0.2) is 13.1 Å². The molecule has 0 aromatic heterocycles. The Bertz CT molecular complexity index is 980. The van der Waals surface area contributed by atoms with Crippen LogP contribution in [0.3, 0.4) is 0 Å². The predicted octanol–water partition coefficient (Wildman–Crippen LogP) is 3.70. The first-order chi connectivity index (χ1) is 14.8.